The summed E-state index contributed by atoms with van der Waals surface area (Å²) in [6.45, 7) is 5.48. The third kappa shape index (κ3) is 3.77. The number of amides is 1. The molecule has 2 heterocycles. The maximum Gasteiger partial charge on any atom is 0.271 e. The standard InChI is InChI=1S/C14H18N4OS/c1-3-5-15-13-9-16-11(7-17-13)14(19)18-8-12-10(2)4-6-20-12/h4,6-7,9H,3,5,8H2,1-2H3,(H,15,17)(H,18,19). The summed E-state index contributed by atoms with van der Waals surface area (Å²) >= 11 is 1.64. The van der Waals surface area contributed by atoms with Crippen LogP contribution in [-0.2, 0) is 6.54 Å². The zero-order valence-corrected chi connectivity index (χ0v) is 12.5. The quantitative estimate of drug-likeness (QED) is 0.858. The molecule has 0 aliphatic heterocycles. The summed E-state index contributed by atoms with van der Waals surface area (Å²) in [4.78, 5) is 21.4. The maximum absolute atomic E-state index is 11.9. The van der Waals surface area contributed by atoms with Gasteiger partial charge in [-0.2, -0.15) is 0 Å². The van der Waals surface area contributed by atoms with Crippen LogP contribution in [0.1, 0.15) is 34.3 Å². The molecule has 0 bridgehead atoms. The van der Waals surface area contributed by atoms with Gasteiger partial charge in [0, 0.05) is 11.4 Å². The van der Waals surface area contributed by atoms with Gasteiger partial charge in [0.15, 0.2) is 0 Å². The summed E-state index contributed by atoms with van der Waals surface area (Å²) in [5, 5.41) is 7.99. The molecule has 1 amide bonds. The van der Waals surface area contributed by atoms with Crippen molar-refractivity contribution in [1.29, 1.82) is 0 Å². The summed E-state index contributed by atoms with van der Waals surface area (Å²) in [5.74, 6) is 0.491. The number of nitrogens with one attached hydrogen (secondary N) is 2. The average Bonchev–Trinajstić information content (AvgIpc) is 2.88. The van der Waals surface area contributed by atoms with E-state index in [0.29, 0.717) is 18.1 Å². The van der Waals surface area contributed by atoms with E-state index in [2.05, 4.69) is 27.5 Å². The Balaban J connectivity index is 1.90. The summed E-state index contributed by atoms with van der Waals surface area (Å²) in [6, 6.07) is 2.04. The van der Waals surface area contributed by atoms with Crippen molar-refractivity contribution >= 4 is 23.1 Å². The van der Waals surface area contributed by atoms with Crippen molar-refractivity contribution < 1.29 is 4.79 Å². The van der Waals surface area contributed by atoms with E-state index in [4.69, 9.17) is 0 Å². The molecule has 2 aromatic rings. The monoisotopic (exact) mass is 290 g/mol. The minimum atomic E-state index is -0.202. The van der Waals surface area contributed by atoms with Crippen LogP contribution in [0.4, 0.5) is 5.82 Å². The molecule has 0 radical (unpaired) electrons. The Bertz CT molecular complexity index is 565. The predicted molar refractivity (Wildman–Crippen MR) is 81.0 cm³/mol. The molecule has 0 aromatic carbocycles. The molecular formula is C14H18N4OS. The van der Waals surface area contributed by atoms with E-state index in [1.54, 1.807) is 17.5 Å². The average molecular weight is 290 g/mol. The number of anilines is 1. The highest BCUT2D eigenvalue weighted by atomic mass is 32.1. The first-order valence-electron chi connectivity index (χ1n) is 6.57. The van der Waals surface area contributed by atoms with Gasteiger partial charge >= 0.3 is 0 Å². The number of hydrogen-bond donors (Lipinski definition) is 2. The summed E-state index contributed by atoms with van der Waals surface area (Å²) in [5.41, 5.74) is 1.53. The molecule has 2 aromatic heterocycles. The molecule has 6 heteroatoms. The molecule has 0 fully saturated rings. The van der Waals surface area contributed by atoms with Crippen molar-refractivity contribution in [2.24, 2.45) is 0 Å². The summed E-state index contributed by atoms with van der Waals surface area (Å²) in [7, 11) is 0. The molecule has 0 aliphatic rings. The van der Waals surface area contributed by atoms with Gasteiger partial charge < -0.3 is 10.6 Å². The van der Waals surface area contributed by atoms with Gasteiger partial charge in [-0.15, -0.1) is 11.3 Å². The minimum Gasteiger partial charge on any atom is -0.369 e. The number of aromatic nitrogens is 2. The largest absolute Gasteiger partial charge is 0.369 e. The third-order valence-electron chi connectivity index (χ3n) is 2.82. The van der Waals surface area contributed by atoms with E-state index < -0.39 is 0 Å². The highest BCUT2D eigenvalue weighted by molar-refractivity contribution is 7.10. The fourth-order valence-electron chi connectivity index (χ4n) is 1.63. The second-order valence-electron chi connectivity index (χ2n) is 4.42. The van der Waals surface area contributed by atoms with Gasteiger partial charge in [0.25, 0.3) is 5.91 Å². The lowest BCUT2D eigenvalue weighted by Gasteiger charge is -2.06. The molecule has 0 saturated carbocycles. The van der Waals surface area contributed by atoms with Crippen LogP contribution in [0.3, 0.4) is 0 Å². The topological polar surface area (TPSA) is 66.9 Å². The predicted octanol–water partition coefficient (Wildman–Crippen LogP) is 2.60. The Morgan fingerprint density at radius 1 is 1.35 bits per heavy atom. The first-order chi connectivity index (χ1) is 9.70. The Morgan fingerprint density at radius 2 is 2.20 bits per heavy atom. The van der Waals surface area contributed by atoms with Crippen LogP contribution in [0.25, 0.3) is 0 Å². The van der Waals surface area contributed by atoms with Crippen LogP contribution in [0.15, 0.2) is 23.8 Å². The number of rotatable bonds is 6. The lowest BCUT2D eigenvalue weighted by Crippen LogP contribution is -2.24. The van der Waals surface area contributed by atoms with Crippen molar-refractivity contribution in [3.8, 4) is 0 Å². The second-order valence-corrected chi connectivity index (χ2v) is 5.42. The molecule has 106 valence electrons. The van der Waals surface area contributed by atoms with E-state index in [-0.39, 0.29) is 5.91 Å². The van der Waals surface area contributed by atoms with Crippen LogP contribution < -0.4 is 10.6 Å². The smallest absolute Gasteiger partial charge is 0.271 e. The molecule has 0 saturated heterocycles. The van der Waals surface area contributed by atoms with E-state index in [1.807, 2.05) is 18.4 Å². The normalized spacial score (nSPS) is 10.3. The summed E-state index contributed by atoms with van der Waals surface area (Å²) in [6.07, 6.45) is 4.10. The number of hydrogen-bond acceptors (Lipinski definition) is 5. The molecule has 0 spiro atoms. The van der Waals surface area contributed by atoms with Crippen LogP contribution in [0.5, 0.6) is 0 Å². The zero-order valence-electron chi connectivity index (χ0n) is 11.6. The second kappa shape index (κ2) is 7.00. The van der Waals surface area contributed by atoms with Gasteiger partial charge in [0.2, 0.25) is 0 Å². The van der Waals surface area contributed by atoms with Crippen molar-refractivity contribution in [2.75, 3.05) is 11.9 Å². The van der Waals surface area contributed by atoms with E-state index >= 15 is 0 Å². The van der Waals surface area contributed by atoms with Crippen LogP contribution in [0, 0.1) is 6.92 Å². The van der Waals surface area contributed by atoms with Gasteiger partial charge in [0.1, 0.15) is 11.5 Å². The first-order valence-corrected chi connectivity index (χ1v) is 7.45. The molecule has 0 atom stereocenters. The maximum atomic E-state index is 11.9. The fourth-order valence-corrected chi connectivity index (χ4v) is 2.47. The van der Waals surface area contributed by atoms with Gasteiger partial charge in [-0.25, -0.2) is 9.97 Å². The van der Waals surface area contributed by atoms with Crippen molar-refractivity contribution in [2.45, 2.75) is 26.8 Å². The number of aryl methyl sites for hydroxylation is 1. The molecule has 0 aliphatic carbocycles. The van der Waals surface area contributed by atoms with Crippen molar-refractivity contribution in [3.05, 3.63) is 40.0 Å². The van der Waals surface area contributed by atoms with E-state index in [0.717, 1.165) is 17.8 Å². The van der Waals surface area contributed by atoms with Gasteiger partial charge in [-0.3, -0.25) is 4.79 Å². The molecular weight excluding hydrogens is 272 g/mol. The fraction of sp³-hybridized carbons (Fsp3) is 0.357. The van der Waals surface area contributed by atoms with E-state index in [9.17, 15) is 4.79 Å². The summed E-state index contributed by atoms with van der Waals surface area (Å²) < 4.78 is 0. The zero-order chi connectivity index (χ0) is 14.4. The molecule has 5 nitrogen and oxygen atoms in total. The highest BCUT2D eigenvalue weighted by Crippen LogP contribution is 2.14. The molecule has 2 rings (SSSR count). The van der Waals surface area contributed by atoms with Gasteiger partial charge in [-0.05, 0) is 30.4 Å². The number of nitrogens with zero attached hydrogens (tertiary/aromatic N) is 2. The Kier molecular flexibility index (Phi) is 5.06. The number of carbonyl (C=O) groups is 1. The number of carbonyl (C=O) groups excluding carboxylic acids is 1. The van der Waals surface area contributed by atoms with Gasteiger partial charge in [-0.1, -0.05) is 6.92 Å². The number of thiophene rings is 1. The van der Waals surface area contributed by atoms with Crippen molar-refractivity contribution in [3.63, 3.8) is 0 Å². The molecule has 2 N–H and O–H groups in total. The molecule has 0 unspecified atom stereocenters. The van der Waals surface area contributed by atoms with E-state index in [1.165, 1.54) is 11.8 Å². The molecule has 20 heavy (non-hydrogen) atoms. The third-order valence-corrected chi connectivity index (χ3v) is 3.84. The lowest BCUT2D eigenvalue weighted by atomic mass is 10.3. The first kappa shape index (κ1) is 14.5. The Labute approximate surface area is 122 Å². The minimum absolute atomic E-state index is 0.202. The van der Waals surface area contributed by atoms with Gasteiger partial charge in [0.05, 0.1) is 18.9 Å². The van der Waals surface area contributed by atoms with Crippen LogP contribution in [0.2, 0.25) is 0 Å². The lowest BCUT2D eigenvalue weighted by molar-refractivity contribution is 0.0946. The van der Waals surface area contributed by atoms with Crippen LogP contribution in [-0.4, -0.2) is 22.4 Å². The SMILES string of the molecule is CCCNc1cnc(C(=O)NCc2sccc2C)cn1. The Morgan fingerprint density at radius 3 is 2.80 bits per heavy atom. The Hall–Kier alpha value is -1.95. The van der Waals surface area contributed by atoms with Crippen LogP contribution >= 0.6 is 11.3 Å². The highest BCUT2D eigenvalue weighted by Gasteiger charge is 2.08. The van der Waals surface area contributed by atoms with Crippen molar-refractivity contribution in [1.82, 2.24) is 15.3 Å².